The molecule has 3 N–H and O–H groups in total. The zero-order chi connectivity index (χ0) is 11.5. The van der Waals surface area contributed by atoms with Gasteiger partial charge in [0.05, 0.1) is 6.61 Å². The summed E-state index contributed by atoms with van der Waals surface area (Å²) in [5, 5.41) is 17.9. The lowest BCUT2D eigenvalue weighted by Gasteiger charge is -2.19. The highest BCUT2D eigenvalue weighted by Crippen LogP contribution is 2.28. The number of rotatable bonds is 5. The molecule has 0 radical (unpaired) electrons. The minimum absolute atomic E-state index is 0.0284. The van der Waals surface area contributed by atoms with Gasteiger partial charge in [0.2, 0.25) is 5.13 Å². The van der Waals surface area contributed by atoms with E-state index in [1.165, 1.54) is 23.1 Å². The number of aliphatic hydroxyl groups excluding tert-OH is 1. The Balaban J connectivity index is 2.51. The van der Waals surface area contributed by atoms with Gasteiger partial charge in [-0.25, -0.2) is 0 Å². The predicted molar refractivity (Wildman–Crippen MR) is 64.6 cm³/mol. The molecule has 0 saturated heterocycles. The van der Waals surface area contributed by atoms with Crippen molar-refractivity contribution in [2.45, 2.75) is 16.8 Å². The van der Waals surface area contributed by atoms with Crippen molar-refractivity contribution >= 4 is 28.2 Å². The minimum atomic E-state index is -0.561. The van der Waals surface area contributed by atoms with Crippen molar-refractivity contribution in [2.24, 2.45) is 5.73 Å². The summed E-state index contributed by atoms with van der Waals surface area (Å²) in [6, 6.07) is 0. The van der Waals surface area contributed by atoms with Crippen molar-refractivity contribution in [2.75, 3.05) is 31.4 Å². The van der Waals surface area contributed by atoms with Crippen LogP contribution in [0.25, 0.3) is 0 Å². The standard InChI is InChI=1S/C8H16N4OS2/c1-8(9,4-13)5-14-7-11-10-6(15-7)12(2)3/h13H,4-5,9H2,1-3H3. The van der Waals surface area contributed by atoms with E-state index in [0.717, 1.165) is 9.47 Å². The Bertz CT molecular complexity index is 313. The fraction of sp³-hybridized carbons (Fsp3) is 0.750. The molecule has 1 rings (SSSR count). The first kappa shape index (κ1) is 12.7. The van der Waals surface area contributed by atoms with Gasteiger partial charge < -0.3 is 15.7 Å². The summed E-state index contributed by atoms with van der Waals surface area (Å²) in [6.45, 7) is 1.78. The summed E-state index contributed by atoms with van der Waals surface area (Å²) >= 11 is 3.05. The van der Waals surface area contributed by atoms with Crippen LogP contribution in [0.3, 0.4) is 0 Å². The summed E-state index contributed by atoms with van der Waals surface area (Å²) in [7, 11) is 3.85. The summed E-state index contributed by atoms with van der Waals surface area (Å²) in [6.07, 6.45) is 0. The lowest BCUT2D eigenvalue weighted by molar-refractivity contribution is 0.224. The maximum absolute atomic E-state index is 8.99. The van der Waals surface area contributed by atoms with Gasteiger partial charge in [-0.1, -0.05) is 23.1 Å². The fourth-order valence-corrected chi connectivity index (χ4v) is 2.50. The number of aromatic nitrogens is 2. The Labute approximate surface area is 97.7 Å². The van der Waals surface area contributed by atoms with Crippen molar-refractivity contribution in [3.05, 3.63) is 0 Å². The van der Waals surface area contributed by atoms with Crippen molar-refractivity contribution in [3.8, 4) is 0 Å². The van der Waals surface area contributed by atoms with Crippen LogP contribution in [0.2, 0.25) is 0 Å². The molecule has 1 aromatic heterocycles. The zero-order valence-electron chi connectivity index (χ0n) is 9.10. The second-order valence-electron chi connectivity index (χ2n) is 3.85. The molecule has 0 amide bonds. The van der Waals surface area contributed by atoms with E-state index < -0.39 is 5.54 Å². The Morgan fingerprint density at radius 2 is 2.20 bits per heavy atom. The Kier molecular flexibility index (Phi) is 4.32. The molecular weight excluding hydrogens is 232 g/mol. The van der Waals surface area contributed by atoms with Gasteiger partial charge in [0.15, 0.2) is 4.34 Å². The second kappa shape index (κ2) is 5.11. The Morgan fingerprint density at radius 1 is 1.53 bits per heavy atom. The van der Waals surface area contributed by atoms with Gasteiger partial charge >= 0.3 is 0 Å². The molecule has 86 valence electrons. The molecule has 0 aliphatic carbocycles. The van der Waals surface area contributed by atoms with Crippen LogP contribution in [0.4, 0.5) is 5.13 Å². The Morgan fingerprint density at radius 3 is 2.67 bits per heavy atom. The predicted octanol–water partition coefficient (Wildman–Crippen LogP) is 0.406. The van der Waals surface area contributed by atoms with Crippen molar-refractivity contribution < 1.29 is 5.11 Å². The number of thioether (sulfide) groups is 1. The normalized spacial score (nSPS) is 15.0. The Hall–Kier alpha value is -0.370. The molecule has 0 aliphatic heterocycles. The van der Waals surface area contributed by atoms with E-state index >= 15 is 0 Å². The largest absolute Gasteiger partial charge is 0.394 e. The third-order valence-electron chi connectivity index (χ3n) is 1.66. The molecule has 0 aromatic carbocycles. The van der Waals surface area contributed by atoms with Crippen LogP contribution < -0.4 is 10.6 Å². The summed E-state index contributed by atoms with van der Waals surface area (Å²) in [4.78, 5) is 1.91. The maximum Gasteiger partial charge on any atom is 0.208 e. The maximum atomic E-state index is 8.99. The molecule has 1 heterocycles. The summed E-state index contributed by atoms with van der Waals surface area (Å²) in [5.74, 6) is 0.631. The first-order valence-corrected chi connectivity index (χ1v) is 6.28. The summed E-state index contributed by atoms with van der Waals surface area (Å²) < 4.78 is 0.879. The van der Waals surface area contributed by atoms with Crippen LogP contribution in [-0.4, -0.2) is 47.3 Å². The molecule has 0 bridgehead atoms. The van der Waals surface area contributed by atoms with Gasteiger partial charge in [-0.3, -0.25) is 0 Å². The third kappa shape index (κ3) is 3.94. The first-order chi connectivity index (χ1) is 6.94. The fourth-order valence-electron chi connectivity index (χ4n) is 0.714. The highest BCUT2D eigenvalue weighted by atomic mass is 32.2. The number of hydrogen-bond donors (Lipinski definition) is 2. The topological polar surface area (TPSA) is 75.3 Å². The highest BCUT2D eigenvalue weighted by Gasteiger charge is 2.18. The smallest absolute Gasteiger partial charge is 0.208 e. The number of nitrogens with two attached hydrogens (primary N) is 1. The van der Waals surface area contributed by atoms with Crippen molar-refractivity contribution in [1.29, 1.82) is 0 Å². The van der Waals surface area contributed by atoms with Crippen LogP contribution in [0.15, 0.2) is 4.34 Å². The van der Waals surface area contributed by atoms with E-state index in [9.17, 15) is 0 Å². The van der Waals surface area contributed by atoms with Crippen LogP contribution in [0.5, 0.6) is 0 Å². The molecule has 15 heavy (non-hydrogen) atoms. The van der Waals surface area contributed by atoms with E-state index in [4.69, 9.17) is 10.8 Å². The first-order valence-electron chi connectivity index (χ1n) is 4.48. The average Bonchev–Trinajstić information content (AvgIpc) is 2.63. The lowest BCUT2D eigenvalue weighted by Crippen LogP contribution is -2.42. The molecule has 0 fully saturated rings. The minimum Gasteiger partial charge on any atom is -0.394 e. The second-order valence-corrected chi connectivity index (χ2v) is 6.02. The zero-order valence-corrected chi connectivity index (χ0v) is 10.7. The van der Waals surface area contributed by atoms with Gasteiger partial charge in [-0.2, -0.15) is 0 Å². The molecule has 1 aromatic rings. The molecule has 1 unspecified atom stereocenters. The molecule has 7 heteroatoms. The van der Waals surface area contributed by atoms with E-state index in [1.54, 1.807) is 0 Å². The lowest BCUT2D eigenvalue weighted by atomic mass is 10.1. The highest BCUT2D eigenvalue weighted by molar-refractivity contribution is 8.01. The monoisotopic (exact) mass is 248 g/mol. The van der Waals surface area contributed by atoms with Gasteiger partial charge in [0.1, 0.15) is 0 Å². The van der Waals surface area contributed by atoms with Crippen molar-refractivity contribution in [3.63, 3.8) is 0 Å². The molecular formula is C8H16N4OS2. The SMILES string of the molecule is CN(C)c1nnc(SCC(C)(N)CO)s1. The van der Waals surface area contributed by atoms with E-state index in [-0.39, 0.29) is 6.61 Å². The number of anilines is 1. The van der Waals surface area contributed by atoms with E-state index in [0.29, 0.717) is 5.75 Å². The molecule has 5 nitrogen and oxygen atoms in total. The average molecular weight is 248 g/mol. The summed E-state index contributed by atoms with van der Waals surface area (Å²) in [5.41, 5.74) is 5.24. The van der Waals surface area contributed by atoms with Crippen LogP contribution >= 0.6 is 23.1 Å². The van der Waals surface area contributed by atoms with Crippen LogP contribution in [-0.2, 0) is 0 Å². The third-order valence-corrected chi connectivity index (χ3v) is 4.29. The van der Waals surface area contributed by atoms with Gasteiger partial charge in [0, 0.05) is 25.4 Å². The molecule has 1 atom stereocenters. The van der Waals surface area contributed by atoms with Gasteiger partial charge in [0.25, 0.3) is 0 Å². The number of aliphatic hydroxyl groups is 1. The van der Waals surface area contributed by atoms with Gasteiger partial charge in [-0.15, -0.1) is 10.2 Å². The molecule has 0 aliphatic rings. The van der Waals surface area contributed by atoms with Crippen LogP contribution in [0, 0.1) is 0 Å². The van der Waals surface area contributed by atoms with Crippen LogP contribution in [0.1, 0.15) is 6.92 Å². The molecule has 0 saturated carbocycles. The molecule has 0 spiro atoms. The van der Waals surface area contributed by atoms with Crippen molar-refractivity contribution in [1.82, 2.24) is 10.2 Å². The van der Waals surface area contributed by atoms with E-state index in [1.807, 2.05) is 25.9 Å². The number of hydrogen-bond acceptors (Lipinski definition) is 7. The van der Waals surface area contributed by atoms with E-state index in [2.05, 4.69) is 10.2 Å². The van der Waals surface area contributed by atoms with Gasteiger partial charge in [-0.05, 0) is 6.92 Å². The quantitative estimate of drug-likeness (QED) is 0.735. The number of nitrogens with zero attached hydrogens (tertiary/aromatic N) is 3.